The summed E-state index contributed by atoms with van der Waals surface area (Å²) in [5.41, 5.74) is 2.54. The van der Waals surface area contributed by atoms with Crippen molar-refractivity contribution < 1.29 is 9.84 Å². The van der Waals surface area contributed by atoms with Gasteiger partial charge in [0.15, 0.2) is 5.65 Å². The van der Waals surface area contributed by atoms with Gasteiger partial charge >= 0.3 is 0 Å². The van der Waals surface area contributed by atoms with E-state index in [1.165, 1.54) is 0 Å². The Morgan fingerprint density at radius 1 is 1.19 bits per heavy atom. The molecule has 0 unspecified atom stereocenters. The van der Waals surface area contributed by atoms with Crippen LogP contribution in [0.3, 0.4) is 0 Å². The lowest BCUT2D eigenvalue weighted by Gasteiger charge is -2.17. The summed E-state index contributed by atoms with van der Waals surface area (Å²) < 4.78 is 7.05. The summed E-state index contributed by atoms with van der Waals surface area (Å²) in [5, 5.41) is 14.4. The maximum Gasteiger partial charge on any atom is 0.243 e. The molecule has 0 fully saturated rings. The second-order valence-corrected chi connectivity index (χ2v) is 5.41. The van der Waals surface area contributed by atoms with Crippen LogP contribution < -0.4 is 4.74 Å². The van der Waals surface area contributed by atoms with E-state index in [-0.39, 0.29) is 0 Å². The Morgan fingerprint density at radius 3 is 2.52 bits per heavy atom. The predicted molar refractivity (Wildman–Crippen MR) is 80.2 cm³/mol. The van der Waals surface area contributed by atoms with Crippen molar-refractivity contribution in [2.24, 2.45) is 0 Å². The summed E-state index contributed by atoms with van der Waals surface area (Å²) >= 11 is 0. The molecule has 1 aromatic carbocycles. The Balaban J connectivity index is 2.16. The van der Waals surface area contributed by atoms with Crippen molar-refractivity contribution in [1.82, 2.24) is 14.6 Å². The van der Waals surface area contributed by atoms with Gasteiger partial charge in [-0.15, -0.1) is 5.10 Å². The van der Waals surface area contributed by atoms with Crippen LogP contribution in [-0.4, -0.2) is 26.8 Å². The highest BCUT2D eigenvalue weighted by molar-refractivity contribution is 5.82. The number of hydrogen-bond donors (Lipinski definition) is 1. The molecule has 0 saturated carbocycles. The van der Waals surface area contributed by atoms with Crippen LogP contribution in [0.1, 0.15) is 19.4 Å². The summed E-state index contributed by atoms with van der Waals surface area (Å²) in [7, 11) is 1.59. The molecule has 5 heteroatoms. The maximum atomic E-state index is 10.0. The van der Waals surface area contributed by atoms with Crippen LogP contribution in [0.4, 0.5) is 0 Å². The normalized spacial score (nSPS) is 11.8. The molecular weight excluding hydrogens is 266 g/mol. The topological polar surface area (TPSA) is 59.7 Å². The second-order valence-electron chi connectivity index (χ2n) is 5.41. The van der Waals surface area contributed by atoms with E-state index >= 15 is 0 Å². The minimum Gasteiger partial charge on any atom is -0.479 e. The van der Waals surface area contributed by atoms with E-state index in [0.717, 1.165) is 22.3 Å². The number of benzene rings is 1. The van der Waals surface area contributed by atoms with Gasteiger partial charge < -0.3 is 9.84 Å². The van der Waals surface area contributed by atoms with Crippen LogP contribution in [-0.2, 0) is 5.60 Å². The molecule has 0 bridgehead atoms. The number of fused-ring (bicyclic) bond motifs is 1. The third-order valence-corrected chi connectivity index (χ3v) is 3.44. The van der Waals surface area contributed by atoms with Crippen LogP contribution in [0.15, 0.2) is 42.7 Å². The molecule has 5 nitrogen and oxygen atoms in total. The molecule has 3 aromatic rings. The largest absolute Gasteiger partial charge is 0.479 e. The zero-order valence-electron chi connectivity index (χ0n) is 12.2. The van der Waals surface area contributed by atoms with Gasteiger partial charge in [-0.1, -0.05) is 24.3 Å². The molecule has 0 saturated heterocycles. The van der Waals surface area contributed by atoms with Crippen molar-refractivity contribution in [1.29, 1.82) is 0 Å². The van der Waals surface area contributed by atoms with E-state index in [4.69, 9.17) is 4.74 Å². The Kier molecular flexibility index (Phi) is 3.14. The van der Waals surface area contributed by atoms with E-state index in [1.807, 2.05) is 36.5 Å². The highest BCUT2D eigenvalue weighted by atomic mass is 16.5. The van der Waals surface area contributed by atoms with E-state index in [9.17, 15) is 5.11 Å². The Labute approximate surface area is 122 Å². The Morgan fingerprint density at radius 2 is 1.90 bits per heavy atom. The summed E-state index contributed by atoms with van der Waals surface area (Å²) in [6, 6.07) is 9.52. The van der Waals surface area contributed by atoms with Crippen LogP contribution in [0.25, 0.3) is 16.8 Å². The zero-order chi connectivity index (χ0) is 15.0. The van der Waals surface area contributed by atoms with Gasteiger partial charge in [0, 0.05) is 12.4 Å². The molecule has 2 aromatic heterocycles. The fourth-order valence-corrected chi connectivity index (χ4v) is 2.31. The number of ether oxygens (including phenoxy) is 1. The van der Waals surface area contributed by atoms with Crippen molar-refractivity contribution >= 4 is 5.65 Å². The Hall–Kier alpha value is -2.40. The number of hydrogen-bond acceptors (Lipinski definition) is 4. The predicted octanol–water partition coefficient (Wildman–Crippen LogP) is 2.63. The lowest BCUT2D eigenvalue weighted by molar-refractivity contribution is 0.0786. The number of methoxy groups -OCH3 is 1. The number of nitrogens with zero attached hydrogens (tertiary/aromatic N) is 3. The average molecular weight is 283 g/mol. The second kappa shape index (κ2) is 4.86. The van der Waals surface area contributed by atoms with Crippen molar-refractivity contribution in [2.75, 3.05) is 7.11 Å². The average Bonchev–Trinajstić information content (AvgIpc) is 2.85. The molecule has 0 aliphatic rings. The molecule has 108 valence electrons. The van der Waals surface area contributed by atoms with Gasteiger partial charge in [0.05, 0.1) is 18.3 Å². The number of rotatable bonds is 3. The monoisotopic (exact) mass is 283 g/mol. The molecule has 3 rings (SSSR count). The highest BCUT2D eigenvalue weighted by Crippen LogP contribution is 2.33. The molecular formula is C16H17N3O2. The van der Waals surface area contributed by atoms with Crippen LogP contribution >= 0.6 is 0 Å². The molecule has 21 heavy (non-hydrogen) atoms. The maximum absolute atomic E-state index is 10.0. The van der Waals surface area contributed by atoms with Crippen LogP contribution in [0.5, 0.6) is 5.88 Å². The van der Waals surface area contributed by atoms with Crippen LogP contribution in [0.2, 0.25) is 0 Å². The van der Waals surface area contributed by atoms with Gasteiger partial charge in [-0.3, -0.25) is 0 Å². The lowest BCUT2D eigenvalue weighted by atomic mass is 9.96. The van der Waals surface area contributed by atoms with Gasteiger partial charge in [0.1, 0.15) is 0 Å². The highest BCUT2D eigenvalue weighted by Gasteiger charge is 2.19. The third-order valence-electron chi connectivity index (χ3n) is 3.44. The SMILES string of the molecule is COc1nn2cccnc2c1-c1ccc(C(C)(C)O)cc1. The summed E-state index contributed by atoms with van der Waals surface area (Å²) in [4.78, 5) is 4.37. The van der Waals surface area contributed by atoms with Crippen molar-refractivity contribution in [3.63, 3.8) is 0 Å². The van der Waals surface area contributed by atoms with Crippen molar-refractivity contribution in [2.45, 2.75) is 19.4 Å². The molecule has 0 atom stereocenters. The summed E-state index contributed by atoms with van der Waals surface area (Å²) in [6.07, 6.45) is 3.56. The first-order valence-corrected chi connectivity index (χ1v) is 6.71. The molecule has 0 radical (unpaired) electrons. The van der Waals surface area contributed by atoms with Gasteiger partial charge in [0.25, 0.3) is 0 Å². The molecule has 0 spiro atoms. The number of aliphatic hydroxyl groups is 1. The van der Waals surface area contributed by atoms with E-state index in [1.54, 1.807) is 31.7 Å². The quantitative estimate of drug-likeness (QED) is 0.802. The molecule has 0 aliphatic carbocycles. The minimum atomic E-state index is -0.859. The molecule has 2 heterocycles. The van der Waals surface area contributed by atoms with E-state index in [0.29, 0.717) is 5.88 Å². The summed E-state index contributed by atoms with van der Waals surface area (Å²) in [6.45, 7) is 3.53. The van der Waals surface area contributed by atoms with Gasteiger partial charge in [0.2, 0.25) is 5.88 Å². The van der Waals surface area contributed by atoms with E-state index in [2.05, 4.69) is 10.1 Å². The fraction of sp³-hybridized carbons (Fsp3) is 0.250. The molecule has 0 amide bonds. The van der Waals surface area contributed by atoms with Gasteiger partial charge in [-0.05, 0) is 31.0 Å². The first-order valence-electron chi connectivity index (χ1n) is 6.71. The molecule has 0 aliphatic heterocycles. The third kappa shape index (κ3) is 2.36. The minimum absolute atomic E-state index is 0.532. The molecule has 1 N–H and O–H groups in total. The lowest BCUT2D eigenvalue weighted by Crippen LogP contribution is -2.14. The Bertz CT molecular complexity index is 770. The zero-order valence-corrected chi connectivity index (χ0v) is 12.2. The van der Waals surface area contributed by atoms with Crippen LogP contribution in [0, 0.1) is 0 Å². The first-order chi connectivity index (χ1) is 10.0. The van der Waals surface area contributed by atoms with E-state index < -0.39 is 5.60 Å². The summed E-state index contributed by atoms with van der Waals surface area (Å²) in [5.74, 6) is 0.532. The van der Waals surface area contributed by atoms with Crippen molar-refractivity contribution in [3.8, 4) is 17.0 Å². The van der Waals surface area contributed by atoms with Crippen molar-refractivity contribution in [3.05, 3.63) is 48.3 Å². The first kappa shape index (κ1) is 13.6. The van der Waals surface area contributed by atoms with Gasteiger partial charge in [-0.25, -0.2) is 9.50 Å². The standard InChI is InChI=1S/C16H17N3O2/c1-16(2,20)12-7-5-11(6-8-12)13-14-17-9-4-10-19(14)18-15(13)21-3/h4-10,20H,1-3H3. The number of aromatic nitrogens is 3. The smallest absolute Gasteiger partial charge is 0.243 e. The fourth-order valence-electron chi connectivity index (χ4n) is 2.31. The van der Waals surface area contributed by atoms with Gasteiger partial charge in [-0.2, -0.15) is 0 Å².